The third kappa shape index (κ3) is 9.16. The number of amides is 2. The fraction of sp³-hybridized carbons (Fsp3) is 0.324. The molecule has 1 fully saturated rings. The largest absolute Gasteiger partial charge is 0.469 e. The van der Waals surface area contributed by atoms with E-state index in [2.05, 4.69) is 40.6 Å². The zero-order valence-electron chi connectivity index (χ0n) is 31.3. The Bertz CT molecular complexity index is 2210. The summed E-state index contributed by atoms with van der Waals surface area (Å²) >= 11 is 0. The van der Waals surface area contributed by atoms with Crippen LogP contribution in [0.25, 0.3) is 11.1 Å². The van der Waals surface area contributed by atoms with Gasteiger partial charge in [-0.05, 0) is 65.7 Å². The summed E-state index contributed by atoms with van der Waals surface area (Å²) in [4.78, 5) is 44.9. The van der Waals surface area contributed by atoms with Crippen LogP contribution in [-0.4, -0.2) is 95.8 Å². The van der Waals surface area contributed by atoms with Gasteiger partial charge in [-0.15, -0.1) is 5.10 Å². The Balaban J connectivity index is 1.07. The van der Waals surface area contributed by atoms with E-state index >= 15 is 8.78 Å². The van der Waals surface area contributed by atoms with E-state index in [1.165, 1.54) is 31.3 Å². The molecule has 4 heterocycles. The van der Waals surface area contributed by atoms with Crippen molar-refractivity contribution in [2.45, 2.75) is 50.5 Å². The van der Waals surface area contributed by atoms with Gasteiger partial charge >= 0.3 is 19.8 Å². The topological polar surface area (TPSA) is 219 Å². The van der Waals surface area contributed by atoms with Crippen LogP contribution in [0.5, 0.6) is 0 Å². The lowest BCUT2D eigenvalue weighted by molar-refractivity contribution is -0.207. The van der Waals surface area contributed by atoms with Crippen molar-refractivity contribution in [1.29, 1.82) is 5.41 Å². The van der Waals surface area contributed by atoms with Gasteiger partial charge in [0.1, 0.15) is 23.7 Å². The van der Waals surface area contributed by atoms with Gasteiger partial charge in [-0.25, -0.2) is 28.3 Å². The van der Waals surface area contributed by atoms with Crippen LogP contribution >= 0.6 is 7.82 Å². The number of alkyl halides is 2. The number of urea groups is 1. The van der Waals surface area contributed by atoms with Gasteiger partial charge in [-0.1, -0.05) is 43.3 Å². The van der Waals surface area contributed by atoms with E-state index in [1.807, 2.05) is 24.3 Å². The van der Waals surface area contributed by atoms with Crippen LogP contribution in [0.2, 0.25) is 0 Å². The molecule has 1 aliphatic heterocycles. The van der Waals surface area contributed by atoms with Gasteiger partial charge in [-0.3, -0.25) is 14.9 Å². The first kappa shape index (κ1) is 41.8. The summed E-state index contributed by atoms with van der Waals surface area (Å²) in [6.07, 6.45) is 4.04. The highest BCUT2D eigenvalue weighted by Crippen LogP contribution is 2.47. The van der Waals surface area contributed by atoms with E-state index in [-0.39, 0.29) is 5.82 Å². The van der Waals surface area contributed by atoms with Crippen LogP contribution in [0.15, 0.2) is 91.5 Å². The van der Waals surface area contributed by atoms with E-state index in [4.69, 9.17) is 19.7 Å². The highest BCUT2D eigenvalue weighted by molar-refractivity contribution is 7.46. The van der Waals surface area contributed by atoms with Crippen LogP contribution in [-0.2, 0) is 27.2 Å². The fourth-order valence-electron chi connectivity index (χ4n) is 6.69. The molecule has 0 saturated carbocycles. The molecule has 0 bridgehead atoms. The number of pyridine rings is 2. The van der Waals surface area contributed by atoms with E-state index in [0.717, 1.165) is 57.4 Å². The van der Waals surface area contributed by atoms with Crippen LogP contribution in [0.1, 0.15) is 31.5 Å². The lowest BCUT2D eigenvalue weighted by Gasteiger charge is -2.37. The van der Waals surface area contributed by atoms with E-state index < -0.39 is 61.1 Å². The number of hydrogen-bond acceptors (Lipinski definition) is 12. The average molecular weight is 824 g/mol. The number of halogens is 3. The fourth-order valence-corrected chi connectivity index (χ4v) is 7.27. The molecule has 17 nitrogen and oxygen atoms in total. The third-order valence-electron chi connectivity index (χ3n) is 9.86. The first-order chi connectivity index (χ1) is 27.6. The molecule has 0 aliphatic carbocycles. The van der Waals surface area contributed by atoms with Crippen molar-refractivity contribution in [2.75, 3.05) is 40.9 Å². The summed E-state index contributed by atoms with van der Waals surface area (Å²) < 4.78 is 64.1. The number of piperazine rings is 1. The Morgan fingerprint density at radius 1 is 0.983 bits per heavy atom. The number of rotatable bonds is 15. The normalized spacial score (nSPS) is 15.7. The maximum atomic E-state index is 16.2. The number of nitrogens with one attached hydrogen (secondary N) is 2. The van der Waals surface area contributed by atoms with Crippen molar-refractivity contribution >= 4 is 37.4 Å². The molecular weight excluding hydrogens is 782 g/mol. The molecule has 306 valence electrons. The average Bonchev–Trinajstić information content (AvgIpc) is 3.73. The first-order valence-corrected chi connectivity index (χ1v) is 19.6. The lowest BCUT2D eigenvalue weighted by atomic mass is 9.84. The number of phosphoric acid groups is 1. The second-order valence-corrected chi connectivity index (χ2v) is 14.7. The number of carbonyl (C=O) groups excluding carboxylic acids is 1. The van der Waals surface area contributed by atoms with Crippen molar-refractivity contribution in [3.8, 4) is 11.1 Å². The smallest absolute Gasteiger partial charge is 0.377 e. The molecule has 3 atom stereocenters. The monoisotopic (exact) mass is 823 g/mol. The second-order valence-electron chi connectivity index (χ2n) is 13.5. The van der Waals surface area contributed by atoms with Gasteiger partial charge in [0.15, 0.2) is 5.60 Å². The van der Waals surface area contributed by atoms with Crippen LogP contribution < -0.4 is 20.0 Å². The van der Waals surface area contributed by atoms with Gasteiger partial charge in [0.05, 0.1) is 36.9 Å². The number of carbonyl (C=O) groups is 1. The van der Waals surface area contributed by atoms with E-state index in [9.17, 15) is 18.9 Å². The molecule has 58 heavy (non-hydrogen) atoms. The SMILES string of the molecule is CC[C@H](NC(=O)N(C=N)c1ccc(N2CCN(c3ccc(-c4ccc(C(F)(F)C(O)(Cn5cnnn5)c5ccccc5F)nc4)cc3)CC2)cn1)[C@H](C)OP(=O)(O)O. The third-order valence-corrected chi connectivity index (χ3v) is 10.5. The lowest BCUT2D eigenvalue weighted by Crippen LogP contribution is -2.49. The number of phosphoric ester groups is 1. The number of aliphatic hydroxyl groups is 1. The molecule has 5 N–H and O–H groups in total. The van der Waals surface area contributed by atoms with Gasteiger partial charge < -0.3 is 30.0 Å². The number of tetrazole rings is 1. The molecular formula is C37H41F3N11O6P. The Labute approximate surface area is 330 Å². The number of hydrogen-bond donors (Lipinski definition) is 5. The zero-order valence-corrected chi connectivity index (χ0v) is 32.2. The first-order valence-electron chi connectivity index (χ1n) is 18.1. The summed E-state index contributed by atoms with van der Waals surface area (Å²) in [5.74, 6) is -4.90. The molecule has 21 heteroatoms. The van der Waals surface area contributed by atoms with Crippen molar-refractivity contribution < 1.29 is 41.9 Å². The molecule has 2 amide bonds. The summed E-state index contributed by atoms with van der Waals surface area (Å²) in [5.41, 5.74) is -1.45. The van der Waals surface area contributed by atoms with Crippen molar-refractivity contribution in [3.05, 3.63) is 109 Å². The van der Waals surface area contributed by atoms with Crippen LogP contribution in [0.3, 0.4) is 0 Å². The summed E-state index contributed by atoms with van der Waals surface area (Å²) in [6.45, 7) is 4.95. The predicted molar refractivity (Wildman–Crippen MR) is 207 cm³/mol. The molecule has 1 saturated heterocycles. The maximum absolute atomic E-state index is 16.2. The van der Waals surface area contributed by atoms with Crippen molar-refractivity contribution in [1.82, 2.24) is 35.5 Å². The molecule has 1 unspecified atom stereocenters. The summed E-state index contributed by atoms with van der Waals surface area (Å²) in [6, 6.07) is 16.8. The molecule has 6 rings (SSSR count). The quantitative estimate of drug-likeness (QED) is 0.0551. The number of nitrogens with zero attached hydrogens (tertiary/aromatic N) is 9. The second kappa shape index (κ2) is 17.4. The minimum Gasteiger partial charge on any atom is -0.377 e. The Morgan fingerprint density at radius 3 is 2.19 bits per heavy atom. The Morgan fingerprint density at radius 2 is 1.64 bits per heavy atom. The Hall–Kier alpha value is -5.79. The molecule has 0 radical (unpaired) electrons. The van der Waals surface area contributed by atoms with Gasteiger partial charge in [-0.2, -0.15) is 8.78 Å². The number of aromatic nitrogens is 6. The van der Waals surface area contributed by atoms with Gasteiger partial charge in [0, 0.05) is 49.2 Å². The molecule has 3 aromatic heterocycles. The van der Waals surface area contributed by atoms with E-state index in [0.29, 0.717) is 38.2 Å². The predicted octanol–water partition coefficient (Wildman–Crippen LogP) is 4.68. The van der Waals surface area contributed by atoms with Crippen molar-refractivity contribution in [3.63, 3.8) is 0 Å². The van der Waals surface area contributed by atoms with Gasteiger partial charge in [0.25, 0.3) is 0 Å². The van der Waals surface area contributed by atoms with Crippen LogP contribution in [0, 0.1) is 11.2 Å². The van der Waals surface area contributed by atoms with Gasteiger partial charge in [0.2, 0.25) is 0 Å². The summed E-state index contributed by atoms with van der Waals surface area (Å²) in [5, 5.41) is 32.3. The minimum atomic E-state index is -4.77. The highest BCUT2D eigenvalue weighted by atomic mass is 31.2. The highest BCUT2D eigenvalue weighted by Gasteiger charge is 2.57. The van der Waals surface area contributed by atoms with Crippen LogP contribution in [0.4, 0.5) is 35.2 Å². The minimum absolute atomic E-state index is 0.178. The Kier molecular flexibility index (Phi) is 12.5. The summed E-state index contributed by atoms with van der Waals surface area (Å²) in [7, 11) is -4.77. The number of benzene rings is 2. The maximum Gasteiger partial charge on any atom is 0.469 e. The molecule has 2 aromatic carbocycles. The molecule has 1 aliphatic rings. The zero-order chi connectivity index (χ0) is 41.7. The standard InChI is InChI=1S/C37H41F3N11O6P/c1-3-32(25(2)57-58(54,55)56)45-35(52)51(23-41)34-15-13-29(21-43-34)49-18-16-48(17-19-49)28-11-8-26(9-12-28)27-10-14-33(42-20-27)37(39,40)36(53,22-50-24-44-46-47-50)30-6-4-5-7-31(30)38/h4-15,20-21,23-25,32,41,53H,3,16-19,22H2,1-2H3,(H,45,52)(H2,54,55,56)/t25-,32-,36?/m0/s1. The molecule has 0 spiro atoms. The van der Waals surface area contributed by atoms with E-state index in [1.54, 1.807) is 25.3 Å². The molecule has 5 aromatic rings. The number of anilines is 3. The van der Waals surface area contributed by atoms with Crippen molar-refractivity contribution in [2.24, 2.45) is 0 Å².